The van der Waals surface area contributed by atoms with Gasteiger partial charge in [-0.05, 0) is 24.5 Å². The monoisotopic (exact) mass is 263 g/mol. The molecule has 104 valence electrons. The molecular formula is C14H21N3O2. The van der Waals surface area contributed by atoms with Crippen molar-refractivity contribution in [1.29, 1.82) is 0 Å². The first kappa shape index (κ1) is 13.5. The van der Waals surface area contributed by atoms with E-state index in [-0.39, 0.29) is 5.84 Å². The maximum absolute atomic E-state index is 8.89. The third-order valence-electron chi connectivity index (χ3n) is 3.79. The lowest BCUT2D eigenvalue weighted by Gasteiger charge is -2.22. The summed E-state index contributed by atoms with van der Waals surface area (Å²) in [4.78, 5) is 2.28. The largest absolute Gasteiger partial charge is 0.497 e. The van der Waals surface area contributed by atoms with E-state index in [1.54, 1.807) is 7.11 Å². The third kappa shape index (κ3) is 2.75. The van der Waals surface area contributed by atoms with E-state index in [0.717, 1.165) is 30.1 Å². The van der Waals surface area contributed by atoms with Crippen molar-refractivity contribution in [3.63, 3.8) is 0 Å². The van der Waals surface area contributed by atoms with Gasteiger partial charge in [0.15, 0.2) is 5.84 Å². The molecule has 5 heteroatoms. The highest BCUT2D eigenvalue weighted by molar-refractivity contribution is 6.02. The highest BCUT2D eigenvalue weighted by Crippen LogP contribution is 2.31. The molecule has 19 heavy (non-hydrogen) atoms. The Balaban J connectivity index is 2.36. The summed E-state index contributed by atoms with van der Waals surface area (Å²) in [5.41, 5.74) is 7.48. The lowest BCUT2D eigenvalue weighted by atomic mass is 10.1. The van der Waals surface area contributed by atoms with Gasteiger partial charge in [0.2, 0.25) is 0 Å². The Morgan fingerprint density at radius 2 is 2.37 bits per heavy atom. The van der Waals surface area contributed by atoms with Gasteiger partial charge in [-0.15, -0.1) is 0 Å². The number of oxime groups is 1. The summed E-state index contributed by atoms with van der Waals surface area (Å²) >= 11 is 0. The van der Waals surface area contributed by atoms with Crippen LogP contribution in [0, 0.1) is 5.92 Å². The lowest BCUT2D eigenvalue weighted by molar-refractivity contribution is 0.318. The molecule has 5 nitrogen and oxygen atoms in total. The quantitative estimate of drug-likeness (QED) is 0.377. The first-order chi connectivity index (χ1) is 9.19. The van der Waals surface area contributed by atoms with Gasteiger partial charge in [0.05, 0.1) is 12.8 Å². The van der Waals surface area contributed by atoms with Gasteiger partial charge in [-0.25, -0.2) is 0 Å². The van der Waals surface area contributed by atoms with Crippen LogP contribution in [-0.2, 0) is 0 Å². The topological polar surface area (TPSA) is 71.1 Å². The Labute approximate surface area is 113 Å². The third-order valence-corrected chi connectivity index (χ3v) is 3.79. The van der Waals surface area contributed by atoms with Gasteiger partial charge >= 0.3 is 0 Å². The summed E-state index contributed by atoms with van der Waals surface area (Å²) in [7, 11) is 1.64. The van der Waals surface area contributed by atoms with Gasteiger partial charge in [0.1, 0.15) is 5.75 Å². The minimum absolute atomic E-state index is 0.137. The number of hydrogen-bond acceptors (Lipinski definition) is 4. The van der Waals surface area contributed by atoms with E-state index in [1.807, 2.05) is 18.2 Å². The SMILES string of the molecule is CCC1CCN(c2cc(OC)ccc2/C(N)=N/O)C1. The number of amidine groups is 1. The van der Waals surface area contributed by atoms with Gasteiger partial charge in [0, 0.05) is 24.7 Å². The molecule has 1 unspecified atom stereocenters. The van der Waals surface area contributed by atoms with Crippen molar-refractivity contribution in [2.75, 3.05) is 25.1 Å². The van der Waals surface area contributed by atoms with Gasteiger partial charge in [-0.2, -0.15) is 0 Å². The van der Waals surface area contributed by atoms with Crippen molar-refractivity contribution >= 4 is 11.5 Å². The summed E-state index contributed by atoms with van der Waals surface area (Å²) in [5, 5.41) is 12.0. The van der Waals surface area contributed by atoms with Crippen molar-refractivity contribution in [3.8, 4) is 5.75 Å². The second-order valence-electron chi connectivity index (χ2n) is 4.88. The fourth-order valence-corrected chi connectivity index (χ4v) is 2.56. The molecule has 0 radical (unpaired) electrons. The molecular weight excluding hydrogens is 242 g/mol. The van der Waals surface area contributed by atoms with E-state index in [9.17, 15) is 0 Å². The zero-order chi connectivity index (χ0) is 13.8. The van der Waals surface area contributed by atoms with Gasteiger partial charge in [-0.3, -0.25) is 0 Å². The predicted octanol–water partition coefficient (Wildman–Crippen LogP) is 2.03. The Bertz CT molecular complexity index is 474. The van der Waals surface area contributed by atoms with Crippen LogP contribution >= 0.6 is 0 Å². The first-order valence-electron chi connectivity index (χ1n) is 6.60. The second-order valence-corrected chi connectivity index (χ2v) is 4.88. The zero-order valence-corrected chi connectivity index (χ0v) is 11.5. The maximum Gasteiger partial charge on any atom is 0.172 e. The van der Waals surface area contributed by atoms with Gasteiger partial charge < -0.3 is 20.6 Å². The van der Waals surface area contributed by atoms with E-state index in [0.29, 0.717) is 5.92 Å². The van der Waals surface area contributed by atoms with Gasteiger partial charge in [-0.1, -0.05) is 18.5 Å². The molecule has 1 atom stereocenters. The average Bonchev–Trinajstić information content (AvgIpc) is 2.94. The molecule has 3 N–H and O–H groups in total. The Kier molecular flexibility index (Phi) is 4.14. The van der Waals surface area contributed by atoms with Crippen LogP contribution in [0.5, 0.6) is 5.75 Å². The summed E-state index contributed by atoms with van der Waals surface area (Å²) in [6.07, 6.45) is 2.36. The highest BCUT2D eigenvalue weighted by atomic mass is 16.5. The van der Waals surface area contributed by atoms with Crippen LogP contribution in [-0.4, -0.2) is 31.2 Å². The summed E-state index contributed by atoms with van der Waals surface area (Å²) in [6.45, 7) is 4.22. The molecule has 1 heterocycles. The number of benzene rings is 1. The number of ether oxygens (including phenoxy) is 1. The molecule has 1 aromatic carbocycles. The molecule has 2 rings (SSSR count). The Morgan fingerprint density at radius 3 is 2.95 bits per heavy atom. The average molecular weight is 263 g/mol. The Morgan fingerprint density at radius 1 is 1.58 bits per heavy atom. The summed E-state index contributed by atoms with van der Waals surface area (Å²) in [5.74, 6) is 1.63. The molecule has 0 amide bonds. The van der Waals surface area contributed by atoms with Crippen molar-refractivity contribution in [2.24, 2.45) is 16.8 Å². The normalized spacial score (nSPS) is 19.8. The molecule has 1 saturated heterocycles. The molecule has 0 aliphatic carbocycles. The number of nitrogens with two attached hydrogens (primary N) is 1. The van der Waals surface area contributed by atoms with Crippen molar-refractivity contribution in [1.82, 2.24) is 0 Å². The van der Waals surface area contributed by atoms with Crippen molar-refractivity contribution in [2.45, 2.75) is 19.8 Å². The number of hydrogen-bond donors (Lipinski definition) is 2. The molecule has 0 aromatic heterocycles. The van der Waals surface area contributed by atoms with Crippen LogP contribution in [0.1, 0.15) is 25.3 Å². The molecule has 1 aromatic rings. The summed E-state index contributed by atoms with van der Waals surface area (Å²) in [6, 6.07) is 5.61. The molecule has 1 aliphatic rings. The van der Waals surface area contributed by atoms with Crippen LogP contribution in [0.2, 0.25) is 0 Å². The minimum atomic E-state index is 0.137. The number of nitrogens with zero attached hydrogens (tertiary/aromatic N) is 2. The number of rotatable bonds is 4. The fourth-order valence-electron chi connectivity index (χ4n) is 2.56. The molecule has 0 saturated carbocycles. The van der Waals surface area contributed by atoms with Crippen molar-refractivity contribution < 1.29 is 9.94 Å². The van der Waals surface area contributed by atoms with E-state index >= 15 is 0 Å². The van der Waals surface area contributed by atoms with E-state index in [2.05, 4.69) is 17.0 Å². The molecule has 1 aliphatic heterocycles. The smallest absolute Gasteiger partial charge is 0.172 e. The van der Waals surface area contributed by atoms with Crippen LogP contribution in [0.25, 0.3) is 0 Å². The fraction of sp³-hybridized carbons (Fsp3) is 0.500. The summed E-state index contributed by atoms with van der Waals surface area (Å²) < 4.78 is 5.27. The minimum Gasteiger partial charge on any atom is -0.497 e. The van der Waals surface area contributed by atoms with Crippen LogP contribution in [0.3, 0.4) is 0 Å². The van der Waals surface area contributed by atoms with Crippen LogP contribution in [0.15, 0.2) is 23.4 Å². The standard InChI is InChI=1S/C14H21N3O2/c1-3-10-6-7-17(9-10)13-8-11(19-2)4-5-12(13)14(15)16-18/h4-5,8,10,18H,3,6-7,9H2,1-2H3,(H2,15,16). The lowest BCUT2D eigenvalue weighted by Crippen LogP contribution is -2.24. The molecule has 0 bridgehead atoms. The van der Waals surface area contributed by atoms with E-state index < -0.39 is 0 Å². The van der Waals surface area contributed by atoms with Crippen molar-refractivity contribution in [3.05, 3.63) is 23.8 Å². The first-order valence-corrected chi connectivity index (χ1v) is 6.60. The maximum atomic E-state index is 8.89. The Hall–Kier alpha value is -1.91. The predicted molar refractivity (Wildman–Crippen MR) is 76.1 cm³/mol. The number of methoxy groups -OCH3 is 1. The second kappa shape index (κ2) is 5.82. The highest BCUT2D eigenvalue weighted by Gasteiger charge is 2.24. The zero-order valence-electron chi connectivity index (χ0n) is 11.5. The van der Waals surface area contributed by atoms with E-state index in [4.69, 9.17) is 15.7 Å². The van der Waals surface area contributed by atoms with Crippen LogP contribution in [0.4, 0.5) is 5.69 Å². The molecule has 0 spiro atoms. The van der Waals surface area contributed by atoms with E-state index in [1.165, 1.54) is 12.8 Å². The van der Waals surface area contributed by atoms with Crippen LogP contribution < -0.4 is 15.4 Å². The molecule has 1 fully saturated rings. The van der Waals surface area contributed by atoms with Gasteiger partial charge in [0.25, 0.3) is 0 Å². The number of anilines is 1.